The number of hydrogen-bond donors (Lipinski definition) is 1. The molecule has 4 rings (SSSR count). The maximum absolute atomic E-state index is 13.0. The molecule has 1 N–H and O–H groups in total. The molecule has 1 aromatic carbocycles. The maximum atomic E-state index is 13.0. The molecule has 0 unspecified atom stereocenters. The molecule has 8 nitrogen and oxygen atoms in total. The van der Waals surface area contributed by atoms with Crippen molar-refractivity contribution in [2.45, 2.75) is 91.0 Å². The lowest BCUT2D eigenvalue weighted by atomic mass is 9.78. The quantitative estimate of drug-likeness (QED) is 0.379. The fraction of sp³-hybridized carbons (Fsp3) is 0.548. The van der Waals surface area contributed by atoms with E-state index in [4.69, 9.17) is 14.8 Å². The largest absolute Gasteiger partial charge is 0.496 e. The van der Waals surface area contributed by atoms with Crippen LogP contribution in [0.15, 0.2) is 24.7 Å². The average molecular weight is 567 g/mol. The van der Waals surface area contributed by atoms with Crippen molar-refractivity contribution in [1.29, 1.82) is 0 Å². The molecule has 0 atom stereocenters. The van der Waals surface area contributed by atoms with Gasteiger partial charge in [-0.05, 0) is 48.6 Å². The molecule has 1 saturated heterocycles. The molecule has 40 heavy (non-hydrogen) atoms. The molecule has 0 bridgehead atoms. The number of ether oxygens (including phenoxy) is 1. The Labute approximate surface area is 241 Å². The Morgan fingerprint density at radius 3 is 2.17 bits per heavy atom. The zero-order chi connectivity index (χ0) is 29.4. The van der Waals surface area contributed by atoms with Crippen LogP contribution >= 0.6 is 11.3 Å². The SMILES string of the molecule is COc1c(C(C)(C)C)cc(-c2ncc(C3CCN(C(=O)Cn4cnc(CC(=O)O)c4C)CC3)s2)cc1C(C)(C)C. The van der Waals surface area contributed by atoms with Crippen LogP contribution < -0.4 is 4.74 Å². The number of imidazole rings is 1. The number of methoxy groups -OCH3 is 1. The number of aliphatic carboxylic acids is 1. The van der Waals surface area contributed by atoms with Crippen LogP contribution in [0, 0.1) is 6.92 Å². The summed E-state index contributed by atoms with van der Waals surface area (Å²) >= 11 is 1.75. The predicted molar refractivity (Wildman–Crippen MR) is 158 cm³/mol. The lowest BCUT2D eigenvalue weighted by Gasteiger charge is -2.31. The number of carbonyl (C=O) groups excluding carboxylic acids is 1. The number of carboxylic acids is 1. The van der Waals surface area contributed by atoms with E-state index in [1.807, 2.05) is 18.0 Å². The zero-order valence-electron chi connectivity index (χ0n) is 25.0. The smallest absolute Gasteiger partial charge is 0.309 e. The molecule has 2 aromatic heterocycles. The van der Waals surface area contributed by atoms with Gasteiger partial charge in [0, 0.05) is 46.5 Å². The van der Waals surface area contributed by atoms with Crippen molar-refractivity contribution in [3.63, 3.8) is 0 Å². The van der Waals surface area contributed by atoms with Crippen LogP contribution in [0.5, 0.6) is 5.75 Å². The molecule has 0 radical (unpaired) electrons. The fourth-order valence-corrected chi connectivity index (χ4v) is 6.39. The Balaban J connectivity index is 1.47. The van der Waals surface area contributed by atoms with Gasteiger partial charge in [0.25, 0.3) is 0 Å². The first kappa shape index (κ1) is 29.8. The Bertz CT molecular complexity index is 1350. The summed E-state index contributed by atoms with van der Waals surface area (Å²) in [4.78, 5) is 36.2. The third-order valence-electron chi connectivity index (χ3n) is 7.76. The Morgan fingerprint density at radius 1 is 1.05 bits per heavy atom. The first-order chi connectivity index (χ1) is 18.7. The molecule has 216 valence electrons. The van der Waals surface area contributed by atoms with Gasteiger partial charge in [0.15, 0.2) is 0 Å². The van der Waals surface area contributed by atoms with Crippen molar-refractivity contribution in [3.8, 4) is 16.3 Å². The molecule has 0 spiro atoms. The minimum Gasteiger partial charge on any atom is -0.496 e. The minimum atomic E-state index is -0.927. The van der Waals surface area contributed by atoms with E-state index in [1.165, 1.54) is 16.0 Å². The molecule has 0 saturated carbocycles. The first-order valence-corrected chi connectivity index (χ1v) is 14.7. The summed E-state index contributed by atoms with van der Waals surface area (Å²) in [5.74, 6) is 0.439. The summed E-state index contributed by atoms with van der Waals surface area (Å²) < 4.78 is 7.68. The standard InChI is InChI=1S/C31H42N4O4S/c1-19-24(15-27(37)38)33-18-35(19)17-26(36)34-11-9-20(10-12-34)25-16-32-29(40-25)21-13-22(30(2,3)4)28(39-8)23(14-21)31(5,6)7/h13-14,16,18,20H,9-12,15,17H2,1-8H3,(H,37,38). The second-order valence-electron chi connectivity index (χ2n) is 12.8. The number of hydrogen-bond acceptors (Lipinski definition) is 6. The zero-order valence-corrected chi connectivity index (χ0v) is 25.8. The van der Waals surface area contributed by atoms with Gasteiger partial charge in [0.2, 0.25) is 5.91 Å². The topological polar surface area (TPSA) is 97.5 Å². The van der Waals surface area contributed by atoms with Crippen molar-refractivity contribution in [2.75, 3.05) is 20.2 Å². The number of benzene rings is 1. The number of carboxylic acid groups (broad SMARTS) is 1. The van der Waals surface area contributed by atoms with Crippen molar-refractivity contribution in [3.05, 3.63) is 52.0 Å². The van der Waals surface area contributed by atoms with E-state index in [2.05, 4.69) is 58.7 Å². The highest BCUT2D eigenvalue weighted by Crippen LogP contribution is 2.44. The van der Waals surface area contributed by atoms with Crippen LogP contribution in [-0.2, 0) is 33.4 Å². The highest BCUT2D eigenvalue weighted by Gasteiger charge is 2.29. The Kier molecular flexibility index (Phi) is 8.45. The van der Waals surface area contributed by atoms with Gasteiger partial charge >= 0.3 is 5.97 Å². The number of piperidine rings is 1. The van der Waals surface area contributed by atoms with Gasteiger partial charge < -0.3 is 19.3 Å². The third kappa shape index (κ3) is 6.40. The summed E-state index contributed by atoms with van der Waals surface area (Å²) in [6, 6.07) is 4.47. The summed E-state index contributed by atoms with van der Waals surface area (Å²) in [5, 5.41) is 10.1. The molecule has 3 heterocycles. The number of nitrogens with zero attached hydrogens (tertiary/aromatic N) is 4. The lowest BCUT2D eigenvalue weighted by molar-refractivity contribution is -0.136. The second kappa shape index (κ2) is 11.4. The Morgan fingerprint density at radius 2 is 1.65 bits per heavy atom. The van der Waals surface area contributed by atoms with Gasteiger partial charge in [-0.15, -0.1) is 11.3 Å². The normalized spacial score (nSPS) is 14.9. The van der Waals surface area contributed by atoms with Crippen LogP contribution in [0.25, 0.3) is 10.6 Å². The lowest BCUT2D eigenvalue weighted by Crippen LogP contribution is -2.39. The molecule has 1 aliphatic rings. The van der Waals surface area contributed by atoms with Crippen molar-refractivity contribution < 1.29 is 19.4 Å². The summed E-state index contributed by atoms with van der Waals surface area (Å²) in [6.07, 6.45) is 5.22. The first-order valence-electron chi connectivity index (χ1n) is 13.9. The van der Waals surface area contributed by atoms with E-state index in [0.717, 1.165) is 34.9 Å². The molecule has 0 aliphatic carbocycles. The molecule has 1 aliphatic heterocycles. The molecule has 1 fully saturated rings. The van der Waals surface area contributed by atoms with E-state index >= 15 is 0 Å². The molecular formula is C31H42N4O4S. The van der Waals surface area contributed by atoms with Crippen LogP contribution in [0.1, 0.15) is 87.7 Å². The van der Waals surface area contributed by atoms with Gasteiger partial charge in [-0.2, -0.15) is 0 Å². The van der Waals surface area contributed by atoms with E-state index < -0.39 is 5.97 Å². The molecule has 3 aromatic rings. The van der Waals surface area contributed by atoms with Crippen LogP contribution in [0.4, 0.5) is 0 Å². The number of rotatable bonds is 7. The highest BCUT2D eigenvalue weighted by molar-refractivity contribution is 7.15. The number of likely N-dealkylation sites (tertiary alicyclic amines) is 1. The number of amides is 1. The average Bonchev–Trinajstić information content (AvgIpc) is 3.50. The minimum absolute atomic E-state index is 0.0356. The monoisotopic (exact) mass is 566 g/mol. The summed E-state index contributed by atoms with van der Waals surface area (Å²) in [7, 11) is 1.76. The van der Waals surface area contributed by atoms with E-state index in [-0.39, 0.29) is 29.7 Å². The molecule has 1 amide bonds. The van der Waals surface area contributed by atoms with E-state index in [9.17, 15) is 9.59 Å². The van der Waals surface area contributed by atoms with Crippen LogP contribution in [0.3, 0.4) is 0 Å². The van der Waals surface area contributed by atoms with Crippen molar-refractivity contribution >= 4 is 23.2 Å². The number of carbonyl (C=O) groups is 2. The van der Waals surface area contributed by atoms with Gasteiger partial charge in [-0.1, -0.05) is 41.5 Å². The maximum Gasteiger partial charge on any atom is 0.309 e. The van der Waals surface area contributed by atoms with Crippen molar-refractivity contribution in [1.82, 2.24) is 19.4 Å². The van der Waals surface area contributed by atoms with Gasteiger partial charge in [0.05, 0.1) is 25.6 Å². The Hall–Kier alpha value is -3.20. The summed E-state index contributed by atoms with van der Waals surface area (Å²) in [5.41, 5.74) is 4.57. The van der Waals surface area contributed by atoms with Gasteiger partial charge in [-0.3, -0.25) is 9.59 Å². The number of aromatic nitrogens is 3. The van der Waals surface area contributed by atoms with E-state index in [1.54, 1.807) is 29.3 Å². The number of thiazole rings is 1. The highest BCUT2D eigenvalue weighted by atomic mass is 32.1. The predicted octanol–water partition coefficient (Wildman–Crippen LogP) is 5.95. The third-order valence-corrected chi connectivity index (χ3v) is 8.96. The summed E-state index contributed by atoms with van der Waals surface area (Å²) in [6.45, 7) is 16.7. The molecular weight excluding hydrogens is 524 g/mol. The van der Waals surface area contributed by atoms with Gasteiger partial charge in [0.1, 0.15) is 17.3 Å². The second-order valence-corrected chi connectivity index (χ2v) is 13.9. The van der Waals surface area contributed by atoms with Crippen molar-refractivity contribution in [2.24, 2.45) is 0 Å². The van der Waals surface area contributed by atoms with Gasteiger partial charge in [-0.25, -0.2) is 9.97 Å². The van der Waals surface area contributed by atoms with E-state index in [0.29, 0.717) is 24.7 Å². The van der Waals surface area contributed by atoms with Crippen LogP contribution in [-0.4, -0.2) is 56.6 Å². The van der Waals surface area contributed by atoms with Crippen LogP contribution in [0.2, 0.25) is 0 Å². The molecule has 9 heteroatoms. The fourth-order valence-electron chi connectivity index (χ4n) is 5.32.